The Bertz CT molecular complexity index is 999. The number of esters is 1. The van der Waals surface area contributed by atoms with Crippen molar-refractivity contribution in [1.82, 2.24) is 14.8 Å². The van der Waals surface area contributed by atoms with Gasteiger partial charge in [0.05, 0.1) is 17.9 Å². The third kappa shape index (κ3) is 5.48. The lowest BCUT2D eigenvalue weighted by atomic mass is 10.0. The predicted molar refractivity (Wildman–Crippen MR) is 120 cm³/mol. The second kappa shape index (κ2) is 10.4. The molecule has 2 aromatic heterocycles. The third-order valence-electron chi connectivity index (χ3n) is 4.11. The van der Waals surface area contributed by atoms with Crippen molar-refractivity contribution in [2.45, 2.75) is 32.3 Å². The molecule has 9 heteroatoms. The van der Waals surface area contributed by atoms with E-state index in [0.717, 1.165) is 17.7 Å². The number of rotatable bonds is 9. The molecule has 0 aliphatic rings. The summed E-state index contributed by atoms with van der Waals surface area (Å²) in [7, 11) is 0. The summed E-state index contributed by atoms with van der Waals surface area (Å²) in [6, 6.07) is 9.68. The Kier molecular flexibility index (Phi) is 7.64. The van der Waals surface area contributed by atoms with Crippen LogP contribution in [0.2, 0.25) is 0 Å². The number of para-hydroxylation sites is 1. The lowest BCUT2D eigenvalue weighted by Crippen LogP contribution is -2.17. The van der Waals surface area contributed by atoms with Crippen molar-refractivity contribution in [3.8, 4) is 5.69 Å². The van der Waals surface area contributed by atoms with E-state index in [9.17, 15) is 9.59 Å². The fourth-order valence-electron chi connectivity index (χ4n) is 2.88. The molecule has 0 saturated heterocycles. The molecule has 0 radical (unpaired) electrons. The Morgan fingerprint density at radius 2 is 2.03 bits per heavy atom. The van der Waals surface area contributed by atoms with Crippen molar-refractivity contribution in [2.75, 3.05) is 17.7 Å². The number of anilines is 1. The molecule has 1 amide bonds. The molecule has 0 spiro atoms. The van der Waals surface area contributed by atoms with Gasteiger partial charge in [0.2, 0.25) is 5.91 Å². The highest BCUT2D eigenvalue weighted by atomic mass is 32.2. The zero-order valence-corrected chi connectivity index (χ0v) is 18.8. The molecule has 7 nitrogen and oxygen atoms in total. The van der Waals surface area contributed by atoms with Crippen LogP contribution >= 0.6 is 23.1 Å². The van der Waals surface area contributed by atoms with Crippen LogP contribution in [0.4, 0.5) is 5.00 Å². The number of thioether (sulfide) groups is 1. The Morgan fingerprint density at radius 3 is 2.73 bits per heavy atom. The smallest absolute Gasteiger partial charge is 0.341 e. The van der Waals surface area contributed by atoms with Gasteiger partial charge in [-0.2, -0.15) is 0 Å². The average molecular weight is 445 g/mol. The summed E-state index contributed by atoms with van der Waals surface area (Å²) in [5.74, 6) is -0.0888. The van der Waals surface area contributed by atoms with Crippen molar-refractivity contribution in [2.24, 2.45) is 5.92 Å². The Hall–Kier alpha value is -2.65. The van der Waals surface area contributed by atoms with Crippen LogP contribution in [-0.2, 0) is 16.0 Å². The van der Waals surface area contributed by atoms with E-state index in [0.29, 0.717) is 21.6 Å². The molecule has 0 aliphatic heterocycles. The minimum atomic E-state index is -0.402. The minimum absolute atomic E-state index is 0.144. The molecule has 0 unspecified atom stereocenters. The van der Waals surface area contributed by atoms with Gasteiger partial charge >= 0.3 is 5.97 Å². The topological polar surface area (TPSA) is 86.1 Å². The van der Waals surface area contributed by atoms with Crippen LogP contribution in [0.5, 0.6) is 0 Å². The molecule has 0 aliphatic carbocycles. The van der Waals surface area contributed by atoms with E-state index in [1.54, 1.807) is 13.3 Å². The summed E-state index contributed by atoms with van der Waals surface area (Å²) in [6.07, 6.45) is 2.36. The summed E-state index contributed by atoms with van der Waals surface area (Å²) in [5.41, 5.74) is 2.29. The molecule has 0 saturated carbocycles. The zero-order chi connectivity index (χ0) is 21.5. The summed E-state index contributed by atoms with van der Waals surface area (Å²) in [4.78, 5) is 25.0. The fourth-order valence-corrected chi connectivity index (χ4v) is 4.59. The standard InChI is InChI=1S/C21H24N4O3S2/c1-4-28-20(27)18-15(10-14(2)3)11-29-19(18)23-17(26)12-30-21-24-22-13-25(21)16-8-6-5-7-9-16/h5-9,11,13-14H,4,10,12H2,1-3H3,(H,23,26). The first-order valence-corrected chi connectivity index (χ1v) is 11.5. The van der Waals surface area contributed by atoms with Crippen LogP contribution < -0.4 is 5.32 Å². The molecule has 0 atom stereocenters. The van der Waals surface area contributed by atoms with Gasteiger partial charge in [0, 0.05) is 5.69 Å². The molecular formula is C21H24N4O3S2. The summed E-state index contributed by atoms with van der Waals surface area (Å²) < 4.78 is 7.03. The SMILES string of the molecule is CCOC(=O)c1c(CC(C)C)csc1NC(=O)CSc1nncn1-c1ccccc1. The first-order chi connectivity index (χ1) is 14.5. The first kappa shape index (κ1) is 22.0. The highest BCUT2D eigenvalue weighted by Gasteiger charge is 2.22. The number of carbonyl (C=O) groups is 2. The minimum Gasteiger partial charge on any atom is -0.462 e. The molecule has 3 aromatic rings. The summed E-state index contributed by atoms with van der Waals surface area (Å²) >= 11 is 2.63. The zero-order valence-electron chi connectivity index (χ0n) is 17.1. The Balaban J connectivity index is 1.69. The van der Waals surface area contributed by atoms with Gasteiger partial charge in [-0.1, -0.05) is 43.8 Å². The predicted octanol–water partition coefficient (Wildman–Crippen LogP) is 4.43. The van der Waals surface area contributed by atoms with Gasteiger partial charge in [-0.25, -0.2) is 4.79 Å². The van der Waals surface area contributed by atoms with Crippen LogP contribution in [-0.4, -0.2) is 39.0 Å². The van der Waals surface area contributed by atoms with Crippen LogP contribution in [0.3, 0.4) is 0 Å². The third-order valence-corrected chi connectivity index (χ3v) is 6.00. The van der Waals surface area contributed by atoms with E-state index < -0.39 is 5.97 Å². The molecule has 158 valence electrons. The van der Waals surface area contributed by atoms with E-state index in [2.05, 4.69) is 29.4 Å². The number of aromatic nitrogens is 3. The number of hydrogen-bond acceptors (Lipinski definition) is 7. The van der Waals surface area contributed by atoms with E-state index in [1.165, 1.54) is 23.1 Å². The molecule has 2 heterocycles. The molecule has 0 bridgehead atoms. The monoisotopic (exact) mass is 444 g/mol. The van der Waals surface area contributed by atoms with Gasteiger partial charge in [0.15, 0.2) is 5.16 Å². The summed E-state index contributed by atoms with van der Waals surface area (Å²) in [5, 5.41) is 14.0. The summed E-state index contributed by atoms with van der Waals surface area (Å²) in [6.45, 7) is 6.23. The van der Waals surface area contributed by atoms with E-state index in [4.69, 9.17) is 4.74 Å². The fraction of sp³-hybridized carbons (Fsp3) is 0.333. The van der Waals surface area contributed by atoms with E-state index in [-0.39, 0.29) is 18.3 Å². The molecule has 30 heavy (non-hydrogen) atoms. The first-order valence-electron chi connectivity index (χ1n) is 9.65. The number of benzene rings is 1. The van der Waals surface area contributed by atoms with Gasteiger partial charge < -0.3 is 10.1 Å². The van der Waals surface area contributed by atoms with Crippen molar-refractivity contribution in [3.63, 3.8) is 0 Å². The van der Waals surface area contributed by atoms with Crippen LogP contribution in [0.1, 0.15) is 36.7 Å². The van der Waals surface area contributed by atoms with E-state index >= 15 is 0 Å². The van der Waals surface area contributed by atoms with Crippen molar-refractivity contribution in [3.05, 3.63) is 53.2 Å². The second-order valence-corrected chi connectivity index (χ2v) is 8.76. The van der Waals surface area contributed by atoms with Crippen molar-refractivity contribution in [1.29, 1.82) is 0 Å². The van der Waals surface area contributed by atoms with Crippen LogP contribution in [0.15, 0.2) is 47.2 Å². The number of thiophene rings is 1. The number of hydrogen-bond donors (Lipinski definition) is 1. The normalized spacial score (nSPS) is 10.9. The maximum absolute atomic E-state index is 12.6. The van der Waals surface area contributed by atoms with Crippen molar-refractivity contribution >= 4 is 40.0 Å². The number of ether oxygens (including phenoxy) is 1. The van der Waals surface area contributed by atoms with Gasteiger partial charge in [-0.15, -0.1) is 21.5 Å². The number of nitrogens with zero attached hydrogens (tertiary/aromatic N) is 3. The van der Waals surface area contributed by atoms with Gasteiger partial charge in [0.1, 0.15) is 11.3 Å². The highest BCUT2D eigenvalue weighted by Crippen LogP contribution is 2.31. The van der Waals surface area contributed by atoms with E-state index in [1.807, 2.05) is 40.3 Å². The Morgan fingerprint density at radius 1 is 1.27 bits per heavy atom. The quantitative estimate of drug-likeness (QED) is 0.388. The van der Waals surface area contributed by atoms with Crippen molar-refractivity contribution < 1.29 is 14.3 Å². The average Bonchev–Trinajstić information content (AvgIpc) is 3.34. The maximum Gasteiger partial charge on any atom is 0.341 e. The number of carbonyl (C=O) groups excluding carboxylic acids is 2. The van der Waals surface area contributed by atoms with Gasteiger partial charge in [0.25, 0.3) is 0 Å². The molecule has 1 aromatic carbocycles. The maximum atomic E-state index is 12.6. The molecular weight excluding hydrogens is 420 g/mol. The van der Waals surface area contributed by atoms with Gasteiger partial charge in [-0.05, 0) is 42.3 Å². The largest absolute Gasteiger partial charge is 0.462 e. The van der Waals surface area contributed by atoms with Crippen LogP contribution in [0.25, 0.3) is 5.69 Å². The number of nitrogens with one attached hydrogen (secondary N) is 1. The van der Waals surface area contributed by atoms with Gasteiger partial charge in [-0.3, -0.25) is 9.36 Å². The molecule has 0 fully saturated rings. The molecule has 3 rings (SSSR count). The van der Waals surface area contributed by atoms with Crippen LogP contribution in [0, 0.1) is 5.92 Å². The molecule has 1 N–H and O–H groups in total. The number of amides is 1. The lowest BCUT2D eigenvalue weighted by molar-refractivity contribution is -0.113. The Labute approximate surface area is 183 Å². The lowest BCUT2D eigenvalue weighted by Gasteiger charge is -2.10. The second-order valence-electron chi connectivity index (χ2n) is 6.94. The highest BCUT2D eigenvalue weighted by molar-refractivity contribution is 7.99.